The van der Waals surface area contributed by atoms with Gasteiger partial charge in [-0.05, 0) is 54.5 Å². The van der Waals surface area contributed by atoms with Gasteiger partial charge in [-0.3, -0.25) is 9.88 Å². The number of likely N-dealkylation sites (tertiary alicyclic amines) is 1. The van der Waals surface area contributed by atoms with Gasteiger partial charge in [0.25, 0.3) is 0 Å². The third-order valence-electron chi connectivity index (χ3n) is 5.60. The molecule has 1 aromatic carbocycles. The lowest BCUT2D eigenvalue weighted by molar-refractivity contribution is -0.0372. The van der Waals surface area contributed by atoms with Crippen molar-refractivity contribution in [2.45, 2.75) is 38.2 Å². The van der Waals surface area contributed by atoms with E-state index in [4.69, 9.17) is 4.74 Å². The van der Waals surface area contributed by atoms with Gasteiger partial charge < -0.3 is 14.9 Å². The van der Waals surface area contributed by atoms with E-state index in [2.05, 4.69) is 22.0 Å². The van der Waals surface area contributed by atoms with E-state index in [9.17, 15) is 10.2 Å². The number of benzene rings is 1. The number of aliphatic hydroxyl groups is 2. The largest absolute Gasteiger partial charge is 0.487 e. The van der Waals surface area contributed by atoms with Gasteiger partial charge in [0.15, 0.2) is 0 Å². The molecule has 1 aliphatic carbocycles. The Morgan fingerprint density at radius 2 is 1.77 bits per heavy atom. The lowest BCUT2D eigenvalue weighted by atomic mass is 9.79. The van der Waals surface area contributed by atoms with E-state index in [1.807, 2.05) is 30.3 Å². The predicted molar refractivity (Wildman–Crippen MR) is 98.5 cm³/mol. The van der Waals surface area contributed by atoms with Crippen molar-refractivity contribution in [2.75, 3.05) is 13.1 Å². The van der Waals surface area contributed by atoms with Crippen molar-refractivity contribution in [2.24, 2.45) is 11.8 Å². The molecule has 2 fully saturated rings. The van der Waals surface area contributed by atoms with Gasteiger partial charge in [-0.15, -0.1) is 0 Å². The second-order valence-electron chi connectivity index (χ2n) is 7.58. The summed E-state index contributed by atoms with van der Waals surface area (Å²) in [6.45, 7) is 3.33. The maximum absolute atomic E-state index is 9.90. The molecule has 0 unspecified atom stereocenters. The highest BCUT2D eigenvalue weighted by Crippen LogP contribution is 2.37. The van der Waals surface area contributed by atoms with Crippen molar-refractivity contribution < 1.29 is 14.9 Å². The highest BCUT2D eigenvalue weighted by Gasteiger charge is 2.40. The minimum atomic E-state index is -0.556. The second kappa shape index (κ2) is 7.74. The summed E-state index contributed by atoms with van der Waals surface area (Å²) in [5.41, 5.74) is 2.14. The average Bonchev–Trinajstić information content (AvgIpc) is 3.02. The fourth-order valence-corrected chi connectivity index (χ4v) is 4.27. The van der Waals surface area contributed by atoms with Crippen molar-refractivity contribution in [3.05, 3.63) is 59.9 Å². The molecule has 5 nitrogen and oxygen atoms in total. The van der Waals surface area contributed by atoms with Gasteiger partial charge in [0.05, 0.1) is 17.9 Å². The summed E-state index contributed by atoms with van der Waals surface area (Å²) >= 11 is 0. The van der Waals surface area contributed by atoms with E-state index in [-0.39, 0.29) is 0 Å². The number of rotatable bonds is 5. The van der Waals surface area contributed by atoms with Crippen molar-refractivity contribution in [1.29, 1.82) is 0 Å². The number of aliphatic hydroxyl groups excluding tert-OH is 2. The molecule has 0 spiro atoms. The standard InChI is InChI=1S/C21H26N2O3/c24-20-9-16-12-23(13-17(16)10-21(20)25)11-15-4-3-6-19(8-15)26-14-18-5-1-2-7-22-18/h1-8,16-17,20-21,24-25H,9-14H2/t16-,17+,20-,21-/m0/s1. The maximum atomic E-state index is 9.90. The molecule has 2 N–H and O–H groups in total. The first-order chi connectivity index (χ1) is 12.7. The zero-order valence-corrected chi connectivity index (χ0v) is 14.9. The van der Waals surface area contributed by atoms with Gasteiger partial charge in [-0.1, -0.05) is 18.2 Å². The Labute approximate surface area is 154 Å². The molecule has 0 radical (unpaired) electrons. The van der Waals surface area contributed by atoms with Gasteiger partial charge in [-0.25, -0.2) is 0 Å². The summed E-state index contributed by atoms with van der Waals surface area (Å²) in [6.07, 6.45) is 2.10. The van der Waals surface area contributed by atoms with E-state index >= 15 is 0 Å². The van der Waals surface area contributed by atoms with Crippen LogP contribution in [0.3, 0.4) is 0 Å². The molecule has 2 aliphatic rings. The van der Waals surface area contributed by atoms with Gasteiger partial charge in [0, 0.05) is 25.8 Å². The molecule has 0 amide bonds. The summed E-state index contributed by atoms with van der Waals surface area (Å²) in [5.74, 6) is 1.85. The fourth-order valence-electron chi connectivity index (χ4n) is 4.27. The monoisotopic (exact) mass is 354 g/mol. The zero-order chi connectivity index (χ0) is 17.9. The zero-order valence-electron chi connectivity index (χ0n) is 14.9. The number of fused-ring (bicyclic) bond motifs is 1. The van der Waals surface area contributed by atoms with E-state index < -0.39 is 12.2 Å². The van der Waals surface area contributed by atoms with Crippen LogP contribution in [-0.2, 0) is 13.2 Å². The first-order valence-corrected chi connectivity index (χ1v) is 9.37. The van der Waals surface area contributed by atoms with E-state index in [1.54, 1.807) is 6.20 Å². The number of aromatic nitrogens is 1. The van der Waals surface area contributed by atoms with Gasteiger partial charge in [0.1, 0.15) is 12.4 Å². The Kier molecular flexibility index (Phi) is 5.20. The molecule has 1 saturated carbocycles. The van der Waals surface area contributed by atoms with Crippen LogP contribution in [0.1, 0.15) is 24.1 Å². The fraction of sp³-hybridized carbons (Fsp3) is 0.476. The number of hydrogen-bond donors (Lipinski definition) is 2. The van der Waals surface area contributed by atoms with Crippen LogP contribution in [0.2, 0.25) is 0 Å². The topological polar surface area (TPSA) is 65.8 Å². The molecule has 1 aliphatic heterocycles. The van der Waals surface area contributed by atoms with Gasteiger partial charge in [0.2, 0.25) is 0 Å². The summed E-state index contributed by atoms with van der Waals surface area (Å²) in [4.78, 5) is 6.71. The van der Waals surface area contributed by atoms with Crippen LogP contribution in [-0.4, -0.2) is 45.4 Å². The van der Waals surface area contributed by atoms with Crippen LogP contribution in [0, 0.1) is 11.8 Å². The molecule has 5 heteroatoms. The van der Waals surface area contributed by atoms with Crippen molar-refractivity contribution in [3.8, 4) is 5.75 Å². The van der Waals surface area contributed by atoms with Gasteiger partial charge in [-0.2, -0.15) is 0 Å². The van der Waals surface area contributed by atoms with Gasteiger partial charge >= 0.3 is 0 Å². The third kappa shape index (κ3) is 4.06. The normalized spacial score (nSPS) is 28.7. The molecular weight excluding hydrogens is 328 g/mol. The molecular formula is C21H26N2O3. The molecule has 2 heterocycles. The Hall–Kier alpha value is -1.95. The molecule has 4 rings (SSSR count). The van der Waals surface area contributed by atoms with Crippen LogP contribution < -0.4 is 4.74 Å². The molecule has 26 heavy (non-hydrogen) atoms. The lowest BCUT2D eigenvalue weighted by Crippen LogP contribution is -2.38. The molecule has 138 valence electrons. The number of nitrogens with zero attached hydrogens (tertiary/aromatic N) is 2. The summed E-state index contributed by atoms with van der Waals surface area (Å²) in [7, 11) is 0. The lowest BCUT2D eigenvalue weighted by Gasteiger charge is -2.32. The predicted octanol–water partition coefficient (Wildman–Crippen LogP) is 2.22. The van der Waals surface area contributed by atoms with Crippen LogP contribution in [0.4, 0.5) is 0 Å². The van der Waals surface area contributed by atoms with Crippen molar-refractivity contribution >= 4 is 0 Å². The minimum absolute atomic E-state index is 0.466. The second-order valence-corrected chi connectivity index (χ2v) is 7.58. The van der Waals surface area contributed by atoms with Crippen molar-refractivity contribution in [3.63, 3.8) is 0 Å². The Morgan fingerprint density at radius 3 is 2.46 bits per heavy atom. The maximum Gasteiger partial charge on any atom is 0.130 e. The number of hydrogen-bond acceptors (Lipinski definition) is 5. The van der Waals surface area contributed by atoms with E-state index in [1.165, 1.54) is 5.56 Å². The van der Waals surface area contributed by atoms with Crippen LogP contribution in [0.5, 0.6) is 5.75 Å². The van der Waals surface area contributed by atoms with E-state index in [0.717, 1.165) is 43.9 Å². The first-order valence-electron chi connectivity index (χ1n) is 9.37. The van der Waals surface area contributed by atoms with Crippen molar-refractivity contribution in [1.82, 2.24) is 9.88 Å². The SMILES string of the molecule is O[C@H]1C[C@@H]2CN(Cc3cccc(OCc4ccccn4)c3)C[C@@H]2C[C@@H]1O. The molecule has 1 aromatic heterocycles. The Balaban J connectivity index is 1.34. The smallest absolute Gasteiger partial charge is 0.130 e. The van der Waals surface area contributed by atoms with Crippen LogP contribution in [0.15, 0.2) is 48.7 Å². The number of ether oxygens (including phenoxy) is 1. The van der Waals surface area contributed by atoms with Crippen LogP contribution in [0.25, 0.3) is 0 Å². The molecule has 4 atom stereocenters. The quantitative estimate of drug-likeness (QED) is 0.862. The third-order valence-corrected chi connectivity index (χ3v) is 5.60. The molecule has 0 bridgehead atoms. The highest BCUT2D eigenvalue weighted by atomic mass is 16.5. The summed E-state index contributed by atoms with van der Waals surface area (Å²) in [5, 5.41) is 19.8. The molecule has 2 aromatic rings. The summed E-state index contributed by atoms with van der Waals surface area (Å²) in [6, 6.07) is 14.0. The van der Waals surface area contributed by atoms with E-state index in [0.29, 0.717) is 18.4 Å². The molecule has 1 saturated heterocycles. The highest BCUT2D eigenvalue weighted by molar-refractivity contribution is 5.28. The first kappa shape index (κ1) is 17.5. The Morgan fingerprint density at radius 1 is 1.00 bits per heavy atom. The van der Waals surface area contributed by atoms with Crippen LogP contribution >= 0.6 is 0 Å². The average molecular weight is 354 g/mol. The summed E-state index contributed by atoms with van der Waals surface area (Å²) < 4.78 is 5.87. The number of pyridine rings is 1. The Bertz CT molecular complexity index is 706. The minimum Gasteiger partial charge on any atom is -0.487 e.